The van der Waals surface area contributed by atoms with Crippen molar-refractivity contribution in [2.75, 3.05) is 18.8 Å². The molecular weight excluding hydrogens is 274 g/mol. The van der Waals surface area contributed by atoms with Crippen molar-refractivity contribution in [2.24, 2.45) is 0 Å². The normalized spacial score (nSPS) is 26.9. The monoisotopic (exact) mass is 295 g/mol. The number of nitrogen functional groups attached to an aromatic ring is 1. The average molecular weight is 295 g/mol. The first-order chi connectivity index (χ1) is 9.47. The maximum Gasteiger partial charge on any atom is 0.241 e. The molecule has 2 aliphatic rings. The maximum atomic E-state index is 12.6. The van der Waals surface area contributed by atoms with E-state index in [-0.39, 0.29) is 6.04 Å². The number of rotatable bonds is 3. The van der Waals surface area contributed by atoms with Gasteiger partial charge >= 0.3 is 0 Å². The zero-order chi connectivity index (χ0) is 14.3. The second-order valence-corrected chi connectivity index (χ2v) is 7.47. The molecule has 2 saturated heterocycles. The van der Waals surface area contributed by atoms with Gasteiger partial charge in [-0.15, -0.1) is 0 Å². The van der Waals surface area contributed by atoms with Crippen LogP contribution in [0.1, 0.15) is 24.8 Å². The first-order valence-corrected chi connectivity index (χ1v) is 8.58. The quantitative estimate of drug-likeness (QED) is 0.819. The summed E-state index contributed by atoms with van der Waals surface area (Å²) in [6.45, 7) is 3.89. The Morgan fingerprint density at radius 1 is 1.30 bits per heavy atom. The molecule has 0 amide bonds. The number of benzene rings is 1. The Balaban J connectivity index is 1.84. The highest BCUT2D eigenvalue weighted by Crippen LogP contribution is 2.29. The van der Waals surface area contributed by atoms with Gasteiger partial charge in [-0.25, -0.2) is 13.1 Å². The van der Waals surface area contributed by atoms with E-state index in [9.17, 15) is 8.42 Å². The lowest BCUT2D eigenvalue weighted by molar-refractivity contribution is 0.309. The Hall–Kier alpha value is -1.11. The number of aryl methyl sites for hydroxylation is 1. The highest BCUT2D eigenvalue weighted by Gasteiger charge is 2.39. The van der Waals surface area contributed by atoms with Crippen molar-refractivity contribution >= 4 is 15.7 Å². The first-order valence-electron chi connectivity index (χ1n) is 7.10. The number of nitrogens with zero attached hydrogens (tertiary/aromatic N) is 1. The fourth-order valence-corrected chi connectivity index (χ4v) is 4.97. The molecule has 3 rings (SSSR count). The summed E-state index contributed by atoms with van der Waals surface area (Å²) in [6, 6.07) is 5.41. The van der Waals surface area contributed by atoms with Crippen molar-refractivity contribution in [1.82, 2.24) is 9.62 Å². The van der Waals surface area contributed by atoms with Gasteiger partial charge in [-0.05, 0) is 50.4 Å². The van der Waals surface area contributed by atoms with Crippen LogP contribution in [-0.2, 0) is 10.0 Å². The molecule has 5 nitrogen and oxygen atoms in total. The molecule has 1 aromatic rings. The van der Waals surface area contributed by atoms with Crippen LogP contribution in [0.25, 0.3) is 0 Å². The Kier molecular flexibility index (Phi) is 3.48. The highest BCUT2D eigenvalue weighted by molar-refractivity contribution is 7.89. The number of hydrogen-bond acceptors (Lipinski definition) is 4. The molecule has 0 radical (unpaired) electrons. The van der Waals surface area contributed by atoms with Crippen LogP contribution in [-0.4, -0.2) is 38.5 Å². The molecule has 110 valence electrons. The highest BCUT2D eigenvalue weighted by atomic mass is 32.2. The summed E-state index contributed by atoms with van der Waals surface area (Å²) in [5.74, 6) is 0. The summed E-state index contributed by atoms with van der Waals surface area (Å²) in [6.07, 6.45) is 3.15. The van der Waals surface area contributed by atoms with Crippen molar-refractivity contribution in [3.05, 3.63) is 23.8 Å². The van der Waals surface area contributed by atoms with E-state index in [1.54, 1.807) is 25.1 Å². The molecule has 0 spiro atoms. The Labute approximate surface area is 120 Å². The van der Waals surface area contributed by atoms with Gasteiger partial charge in [0.25, 0.3) is 0 Å². The first kappa shape index (κ1) is 13.9. The van der Waals surface area contributed by atoms with Crippen LogP contribution in [0.3, 0.4) is 0 Å². The van der Waals surface area contributed by atoms with E-state index in [4.69, 9.17) is 5.73 Å². The van der Waals surface area contributed by atoms with Gasteiger partial charge in [0.2, 0.25) is 10.0 Å². The van der Waals surface area contributed by atoms with Gasteiger partial charge < -0.3 is 5.73 Å². The van der Waals surface area contributed by atoms with E-state index in [2.05, 4.69) is 9.62 Å². The minimum absolute atomic E-state index is 0.0309. The third kappa shape index (κ3) is 2.43. The Morgan fingerprint density at radius 3 is 2.90 bits per heavy atom. The molecule has 2 atom stereocenters. The van der Waals surface area contributed by atoms with Crippen LogP contribution in [0.5, 0.6) is 0 Å². The van der Waals surface area contributed by atoms with Crippen LogP contribution in [0, 0.1) is 6.92 Å². The number of anilines is 1. The van der Waals surface area contributed by atoms with Gasteiger partial charge in [0, 0.05) is 24.3 Å². The zero-order valence-electron chi connectivity index (χ0n) is 11.7. The molecule has 2 unspecified atom stereocenters. The second-order valence-electron chi connectivity index (χ2n) is 5.79. The number of fused-ring (bicyclic) bond motifs is 1. The molecule has 3 N–H and O–H groups in total. The summed E-state index contributed by atoms with van der Waals surface area (Å²) in [5.41, 5.74) is 6.92. The molecule has 0 aliphatic carbocycles. The van der Waals surface area contributed by atoms with E-state index >= 15 is 0 Å². The molecular formula is C14H21N3O2S. The standard InChI is InChI=1S/C14H21N3O2S/c1-10-4-5-11(15)9-14(10)20(18,19)16-12-6-8-17-7-2-3-13(12)17/h4-5,9,12-13,16H,2-3,6-8,15H2,1H3. The minimum atomic E-state index is -3.49. The van der Waals surface area contributed by atoms with Crippen molar-refractivity contribution in [1.29, 1.82) is 0 Å². The fourth-order valence-electron chi connectivity index (χ4n) is 3.39. The van der Waals surface area contributed by atoms with Gasteiger partial charge in [0.1, 0.15) is 0 Å². The third-order valence-corrected chi connectivity index (χ3v) is 6.05. The predicted molar refractivity (Wildman–Crippen MR) is 78.9 cm³/mol. The van der Waals surface area contributed by atoms with Crippen molar-refractivity contribution in [3.8, 4) is 0 Å². The summed E-state index contributed by atoms with van der Waals surface area (Å²) in [5, 5.41) is 0. The van der Waals surface area contributed by atoms with Crippen LogP contribution in [0.2, 0.25) is 0 Å². The van der Waals surface area contributed by atoms with Crippen LogP contribution < -0.4 is 10.5 Å². The van der Waals surface area contributed by atoms with Gasteiger partial charge in [-0.3, -0.25) is 4.90 Å². The van der Waals surface area contributed by atoms with Crippen LogP contribution in [0.15, 0.2) is 23.1 Å². The van der Waals surface area contributed by atoms with Crippen molar-refractivity contribution < 1.29 is 8.42 Å². The third-order valence-electron chi connectivity index (χ3n) is 4.41. The smallest absolute Gasteiger partial charge is 0.241 e. The average Bonchev–Trinajstić information content (AvgIpc) is 2.97. The lowest BCUT2D eigenvalue weighted by Gasteiger charge is -2.21. The summed E-state index contributed by atoms with van der Waals surface area (Å²) in [7, 11) is -3.49. The summed E-state index contributed by atoms with van der Waals surface area (Å²) < 4.78 is 28.0. The number of nitrogens with one attached hydrogen (secondary N) is 1. The van der Waals surface area contributed by atoms with Gasteiger partial charge in [-0.1, -0.05) is 6.07 Å². The van der Waals surface area contributed by atoms with Gasteiger partial charge in [0.05, 0.1) is 4.90 Å². The van der Waals surface area contributed by atoms with E-state index in [0.29, 0.717) is 16.6 Å². The van der Waals surface area contributed by atoms with Gasteiger partial charge in [0.15, 0.2) is 0 Å². The van der Waals surface area contributed by atoms with E-state index in [1.807, 2.05) is 0 Å². The molecule has 6 heteroatoms. The molecule has 2 fully saturated rings. The number of nitrogens with two attached hydrogens (primary N) is 1. The minimum Gasteiger partial charge on any atom is -0.399 e. The topological polar surface area (TPSA) is 75.4 Å². The van der Waals surface area contributed by atoms with E-state index in [1.165, 1.54) is 6.42 Å². The van der Waals surface area contributed by atoms with Gasteiger partial charge in [-0.2, -0.15) is 0 Å². The number of sulfonamides is 1. The lowest BCUT2D eigenvalue weighted by atomic mass is 10.1. The number of hydrogen-bond donors (Lipinski definition) is 2. The maximum absolute atomic E-state index is 12.6. The van der Waals surface area contributed by atoms with E-state index in [0.717, 1.165) is 31.5 Å². The van der Waals surface area contributed by atoms with Crippen molar-refractivity contribution in [2.45, 2.75) is 43.2 Å². The van der Waals surface area contributed by atoms with Crippen LogP contribution >= 0.6 is 0 Å². The second kappa shape index (κ2) is 5.02. The Morgan fingerprint density at radius 2 is 2.10 bits per heavy atom. The molecule has 2 aliphatic heterocycles. The molecule has 0 aromatic heterocycles. The fraction of sp³-hybridized carbons (Fsp3) is 0.571. The zero-order valence-corrected chi connectivity index (χ0v) is 12.5. The molecule has 2 heterocycles. The Bertz CT molecular complexity index is 615. The van der Waals surface area contributed by atoms with E-state index < -0.39 is 10.0 Å². The van der Waals surface area contributed by atoms with Crippen LogP contribution in [0.4, 0.5) is 5.69 Å². The largest absolute Gasteiger partial charge is 0.399 e. The lowest BCUT2D eigenvalue weighted by Crippen LogP contribution is -2.42. The molecule has 1 aromatic carbocycles. The molecule has 0 saturated carbocycles. The van der Waals surface area contributed by atoms with Crippen molar-refractivity contribution in [3.63, 3.8) is 0 Å². The molecule has 20 heavy (non-hydrogen) atoms. The predicted octanol–water partition coefficient (Wildman–Crippen LogP) is 1.09. The summed E-state index contributed by atoms with van der Waals surface area (Å²) in [4.78, 5) is 2.69. The molecule has 0 bridgehead atoms. The summed E-state index contributed by atoms with van der Waals surface area (Å²) >= 11 is 0. The SMILES string of the molecule is Cc1ccc(N)cc1S(=O)(=O)NC1CCN2CCCC12.